The maximum atomic E-state index is 6.04. The summed E-state index contributed by atoms with van der Waals surface area (Å²) < 4.78 is 1.85. The van der Waals surface area contributed by atoms with Gasteiger partial charge in [0.2, 0.25) is 0 Å². The molecule has 78 valence electrons. The summed E-state index contributed by atoms with van der Waals surface area (Å²) in [6, 6.07) is 0.391. The Morgan fingerprint density at radius 2 is 2.43 bits per heavy atom. The number of hydrogen-bond donors (Lipinski definition) is 1. The summed E-state index contributed by atoms with van der Waals surface area (Å²) in [4.78, 5) is 0. The summed E-state index contributed by atoms with van der Waals surface area (Å²) >= 11 is 0. The van der Waals surface area contributed by atoms with Gasteiger partial charge in [0.05, 0.1) is 6.20 Å². The van der Waals surface area contributed by atoms with Crippen LogP contribution in [-0.2, 0) is 13.5 Å². The Bertz CT molecular complexity index is 288. The zero-order valence-corrected chi connectivity index (χ0v) is 8.82. The quantitative estimate of drug-likeness (QED) is 0.769. The monoisotopic (exact) mass is 193 g/mol. The average Bonchev–Trinajstić information content (AvgIpc) is 2.85. The first-order chi connectivity index (χ1) is 6.74. The minimum absolute atomic E-state index is 0.391. The van der Waals surface area contributed by atoms with E-state index in [4.69, 9.17) is 5.73 Å². The van der Waals surface area contributed by atoms with Gasteiger partial charge in [-0.3, -0.25) is 4.68 Å². The Kier molecular flexibility index (Phi) is 2.87. The zero-order chi connectivity index (χ0) is 9.97. The molecule has 1 atom stereocenters. The van der Waals surface area contributed by atoms with Crippen LogP contribution >= 0.6 is 0 Å². The van der Waals surface area contributed by atoms with Crippen LogP contribution in [0.25, 0.3) is 0 Å². The van der Waals surface area contributed by atoms with Crippen LogP contribution < -0.4 is 5.73 Å². The van der Waals surface area contributed by atoms with Crippen molar-refractivity contribution in [3.05, 3.63) is 18.0 Å². The average molecular weight is 193 g/mol. The number of aryl methyl sites for hydroxylation is 2. The van der Waals surface area contributed by atoms with Gasteiger partial charge in [-0.1, -0.05) is 12.8 Å². The topological polar surface area (TPSA) is 43.8 Å². The molecular weight excluding hydrogens is 174 g/mol. The Morgan fingerprint density at radius 1 is 1.64 bits per heavy atom. The maximum Gasteiger partial charge on any atom is 0.0521 e. The van der Waals surface area contributed by atoms with E-state index in [1.807, 2.05) is 17.9 Å². The second-order valence-electron chi connectivity index (χ2n) is 4.50. The number of rotatable bonds is 5. The Morgan fingerprint density at radius 3 is 3.00 bits per heavy atom. The standard InChI is InChI=1S/C11H19N3/c1-14-8-10(7-13-14)4-5-11(12)6-9-2-3-9/h7-9,11H,2-6,12H2,1H3. The van der Waals surface area contributed by atoms with Crippen molar-refractivity contribution in [2.75, 3.05) is 0 Å². The fraction of sp³-hybridized carbons (Fsp3) is 0.727. The van der Waals surface area contributed by atoms with E-state index in [1.165, 1.54) is 24.8 Å². The normalized spacial score (nSPS) is 18.4. The van der Waals surface area contributed by atoms with Gasteiger partial charge < -0.3 is 5.73 Å². The molecule has 0 saturated heterocycles. The van der Waals surface area contributed by atoms with Crippen molar-refractivity contribution in [1.29, 1.82) is 0 Å². The van der Waals surface area contributed by atoms with E-state index >= 15 is 0 Å². The summed E-state index contributed by atoms with van der Waals surface area (Å²) in [6.07, 6.45) is 10.2. The molecule has 0 radical (unpaired) electrons. The van der Waals surface area contributed by atoms with Crippen molar-refractivity contribution in [3.63, 3.8) is 0 Å². The molecule has 0 amide bonds. The van der Waals surface area contributed by atoms with Crippen molar-refractivity contribution >= 4 is 0 Å². The van der Waals surface area contributed by atoms with Crippen LogP contribution in [0.5, 0.6) is 0 Å². The van der Waals surface area contributed by atoms with Gasteiger partial charge in [0.15, 0.2) is 0 Å². The Labute approximate surface area is 85.3 Å². The van der Waals surface area contributed by atoms with Crippen molar-refractivity contribution in [2.45, 2.75) is 38.1 Å². The second kappa shape index (κ2) is 4.13. The lowest BCUT2D eigenvalue weighted by atomic mass is 10.0. The fourth-order valence-corrected chi connectivity index (χ4v) is 1.85. The highest BCUT2D eigenvalue weighted by Gasteiger charge is 2.23. The zero-order valence-electron chi connectivity index (χ0n) is 8.82. The molecule has 14 heavy (non-hydrogen) atoms. The number of hydrogen-bond acceptors (Lipinski definition) is 2. The summed E-state index contributed by atoms with van der Waals surface area (Å²) in [7, 11) is 1.95. The molecule has 0 aromatic carbocycles. The lowest BCUT2D eigenvalue weighted by Crippen LogP contribution is -2.21. The number of nitrogens with two attached hydrogens (primary N) is 1. The highest BCUT2D eigenvalue weighted by molar-refractivity contribution is 5.03. The van der Waals surface area contributed by atoms with Crippen LogP contribution in [0.2, 0.25) is 0 Å². The summed E-state index contributed by atoms with van der Waals surface area (Å²) in [5.41, 5.74) is 7.35. The minimum atomic E-state index is 0.391. The molecule has 1 fully saturated rings. The van der Waals surface area contributed by atoms with E-state index < -0.39 is 0 Å². The molecule has 1 unspecified atom stereocenters. The molecule has 3 heteroatoms. The molecule has 1 heterocycles. The first-order valence-corrected chi connectivity index (χ1v) is 5.47. The van der Waals surface area contributed by atoms with Crippen molar-refractivity contribution in [1.82, 2.24) is 9.78 Å². The highest BCUT2D eigenvalue weighted by Crippen LogP contribution is 2.33. The highest BCUT2D eigenvalue weighted by atomic mass is 15.2. The molecule has 3 nitrogen and oxygen atoms in total. The third-order valence-electron chi connectivity index (χ3n) is 2.90. The Hall–Kier alpha value is -0.830. The van der Waals surface area contributed by atoms with E-state index in [9.17, 15) is 0 Å². The third-order valence-corrected chi connectivity index (χ3v) is 2.90. The predicted molar refractivity (Wildman–Crippen MR) is 56.8 cm³/mol. The van der Waals surface area contributed by atoms with E-state index in [0.717, 1.165) is 18.8 Å². The fourth-order valence-electron chi connectivity index (χ4n) is 1.85. The summed E-state index contributed by atoms with van der Waals surface area (Å²) in [5, 5.41) is 4.14. The molecule has 0 spiro atoms. The van der Waals surface area contributed by atoms with Gasteiger partial charge in [-0.2, -0.15) is 5.10 Å². The van der Waals surface area contributed by atoms with Crippen molar-refractivity contribution in [3.8, 4) is 0 Å². The van der Waals surface area contributed by atoms with Gasteiger partial charge in [0.1, 0.15) is 0 Å². The van der Waals surface area contributed by atoms with E-state index in [-0.39, 0.29) is 0 Å². The van der Waals surface area contributed by atoms with Crippen LogP contribution in [0.3, 0.4) is 0 Å². The van der Waals surface area contributed by atoms with E-state index in [1.54, 1.807) is 0 Å². The van der Waals surface area contributed by atoms with Crippen LogP contribution in [0, 0.1) is 5.92 Å². The smallest absolute Gasteiger partial charge is 0.0521 e. The molecule has 1 aliphatic carbocycles. The number of aromatic nitrogens is 2. The molecule has 1 aromatic rings. The largest absolute Gasteiger partial charge is 0.328 e. The first-order valence-electron chi connectivity index (χ1n) is 5.47. The van der Waals surface area contributed by atoms with Gasteiger partial charge in [-0.05, 0) is 30.7 Å². The van der Waals surface area contributed by atoms with E-state index in [0.29, 0.717) is 6.04 Å². The maximum absolute atomic E-state index is 6.04. The molecule has 0 aliphatic heterocycles. The van der Waals surface area contributed by atoms with Crippen LogP contribution in [0.15, 0.2) is 12.4 Å². The predicted octanol–water partition coefficient (Wildman–Crippen LogP) is 1.48. The van der Waals surface area contributed by atoms with Crippen molar-refractivity contribution in [2.24, 2.45) is 18.7 Å². The third kappa shape index (κ3) is 2.84. The molecule has 1 saturated carbocycles. The summed E-state index contributed by atoms with van der Waals surface area (Å²) in [6.45, 7) is 0. The molecule has 1 aromatic heterocycles. The van der Waals surface area contributed by atoms with E-state index in [2.05, 4.69) is 11.3 Å². The lowest BCUT2D eigenvalue weighted by molar-refractivity contribution is 0.533. The van der Waals surface area contributed by atoms with Gasteiger partial charge in [0, 0.05) is 19.3 Å². The van der Waals surface area contributed by atoms with Gasteiger partial charge in [-0.25, -0.2) is 0 Å². The van der Waals surface area contributed by atoms with Gasteiger partial charge in [0.25, 0.3) is 0 Å². The lowest BCUT2D eigenvalue weighted by Gasteiger charge is -2.09. The molecular formula is C11H19N3. The summed E-state index contributed by atoms with van der Waals surface area (Å²) in [5.74, 6) is 0.943. The van der Waals surface area contributed by atoms with Crippen LogP contribution in [0.1, 0.15) is 31.2 Å². The molecule has 2 N–H and O–H groups in total. The minimum Gasteiger partial charge on any atom is -0.328 e. The molecule has 2 rings (SSSR count). The van der Waals surface area contributed by atoms with Gasteiger partial charge >= 0.3 is 0 Å². The first kappa shape index (κ1) is 9.71. The van der Waals surface area contributed by atoms with Gasteiger partial charge in [-0.15, -0.1) is 0 Å². The SMILES string of the molecule is Cn1cc(CCC(N)CC2CC2)cn1. The van der Waals surface area contributed by atoms with Crippen LogP contribution in [0.4, 0.5) is 0 Å². The number of nitrogens with zero attached hydrogens (tertiary/aromatic N) is 2. The molecule has 0 bridgehead atoms. The van der Waals surface area contributed by atoms with Crippen LogP contribution in [-0.4, -0.2) is 15.8 Å². The molecule has 1 aliphatic rings. The second-order valence-corrected chi connectivity index (χ2v) is 4.50. The van der Waals surface area contributed by atoms with Crippen molar-refractivity contribution < 1.29 is 0 Å². The Balaban J connectivity index is 1.70.